The average molecular weight is 199 g/mol. The molecule has 0 aliphatic carbocycles. The van der Waals surface area contributed by atoms with Crippen molar-refractivity contribution in [1.29, 1.82) is 0 Å². The number of phenols is 1. The number of aromatic carboxylic acids is 1. The molecule has 0 unspecified atom stereocenters. The number of aliphatic hydroxyl groups is 1. The first-order valence-corrected chi connectivity index (χ1v) is 3.95. The molecule has 5 nitrogen and oxygen atoms in total. The smallest absolute Gasteiger partial charge is 0.339 e. The summed E-state index contributed by atoms with van der Waals surface area (Å²) in [5.41, 5.74) is 4.71. The number of rotatable bonds is 2. The number of carboxylic acid groups (broad SMARTS) is 1. The third-order valence-electron chi connectivity index (χ3n) is 1.26. The summed E-state index contributed by atoms with van der Waals surface area (Å²) in [5.74, 6) is -1.31. The third kappa shape index (κ3) is 4.44. The van der Waals surface area contributed by atoms with Gasteiger partial charge in [0.15, 0.2) is 0 Å². The van der Waals surface area contributed by atoms with Crippen molar-refractivity contribution in [3.05, 3.63) is 29.8 Å². The van der Waals surface area contributed by atoms with Gasteiger partial charge in [-0.05, 0) is 12.1 Å². The largest absolute Gasteiger partial charge is 0.507 e. The van der Waals surface area contributed by atoms with Crippen molar-refractivity contribution in [2.75, 3.05) is 13.2 Å². The second-order valence-corrected chi connectivity index (χ2v) is 2.33. The first kappa shape index (κ1) is 12.4. The lowest BCUT2D eigenvalue weighted by atomic mass is 10.2. The molecule has 5 heteroatoms. The molecular weight excluding hydrogens is 186 g/mol. The number of carbonyl (C=O) groups is 1. The topological polar surface area (TPSA) is 104 Å². The molecule has 0 aromatic heterocycles. The predicted molar refractivity (Wildman–Crippen MR) is 51.2 cm³/mol. The summed E-state index contributed by atoms with van der Waals surface area (Å²) in [7, 11) is 0. The quantitative estimate of drug-likeness (QED) is 0.538. The molecule has 0 fully saturated rings. The molecule has 0 spiro atoms. The second kappa shape index (κ2) is 6.88. The fraction of sp³-hybridized carbons (Fsp3) is 0.222. The van der Waals surface area contributed by atoms with Crippen LogP contribution in [0.4, 0.5) is 0 Å². The fourth-order valence-electron chi connectivity index (χ4n) is 0.654. The maximum atomic E-state index is 10.3. The van der Waals surface area contributed by atoms with Crippen LogP contribution in [0.1, 0.15) is 10.4 Å². The molecule has 78 valence electrons. The number of aliphatic hydroxyl groups excluding tert-OH is 1. The lowest BCUT2D eigenvalue weighted by Gasteiger charge is -1.95. The molecule has 0 atom stereocenters. The van der Waals surface area contributed by atoms with Gasteiger partial charge in [0.05, 0.1) is 6.61 Å². The van der Waals surface area contributed by atoms with Gasteiger partial charge in [0.2, 0.25) is 0 Å². The molecule has 0 saturated carbocycles. The third-order valence-corrected chi connectivity index (χ3v) is 1.26. The van der Waals surface area contributed by atoms with Crippen LogP contribution in [-0.4, -0.2) is 34.4 Å². The van der Waals surface area contributed by atoms with E-state index in [1.807, 2.05) is 0 Å². The Morgan fingerprint density at radius 1 is 1.36 bits per heavy atom. The molecule has 0 bridgehead atoms. The van der Waals surface area contributed by atoms with Gasteiger partial charge in [-0.2, -0.15) is 0 Å². The van der Waals surface area contributed by atoms with E-state index in [9.17, 15) is 4.79 Å². The summed E-state index contributed by atoms with van der Waals surface area (Å²) in [5, 5.41) is 25.1. The van der Waals surface area contributed by atoms with Gasteiger partial charge < -0.3 is 21.1 Å². The van der Waals surface area contributed by atoms with E-state index in [0.717, 1.165) is 0 Å². The molecule has 14 heavy (non-hydrogen) atoms. The van der Waals surface area contributed by atoms with Crippen molar-refractivity contribution in [3.63, 3.8) is 0 Å². The zero-order chi connectivity index (χ0) is 11.0. The minimum absolute atomic E-state index is 0.0671. The normalized spacial score (nSPS) is 8.71. The van der Waals surface area contributed by atoms with E-state index in [1.165, 1.54) is 12.1 Å². The number of nitrogens with two attached hydrogens (primary N) is 1. The van der Waals surface area contributed by atoms with Crippen LogP contribution < -0.4 is 5.73 Å². The number of hydrogen-bond acceptors (Lipinski definition) is 4. The van der Waals surface area contributed by atoms with E-state index >= 15 is 0 Å². The predicted octanol–water partition coefficient (Wildman–Crippen LogP) is 0.0278. The molecule has 1 aromatic rings. The summed E-state index contributed by atoms with van der Waals surface area (Å²) in [6.07, 6.45) is 0. The van der Waals surface area contributed by atoms with Crippen molar-refractivity contribution < 1.29 is 20.1 Å². The summed E-state index contributed by atoms with van der Waals surface area (Å²) in [6, 6.07) is 5.81. The van der Waals surface area contributed by atoms with Crippen LogP contribution in [0.25, 0.3) is 0 Å². The number of carboxylic acids is 1. The van der Waals surface area contributed by atoms with Gasteiger partial charge in [0.25, 0.3) is 0 Å². The van der Waals surface area contributed by atoms with Gasteiger partial charge >= 0.3 is 5.97 Å². The van der Waals surface area contributed by atoms with Crippen LogP contribution in [0.5, 0.6) is 5.75 Å². The van der Waals surface area contributed by atoms with Crippen LogP contribution in [0.2, 0.25) is 0 Å². The van der Waals surface area contributed by atoms with E-state index in [2.05, 4.69) is 0 Å². The van der Waals surface area contributed by atoms with Crippen molar-refractivity contribution in [2.24, 2.45) is 5.73 Å². The van der Waals surface area contributed by atoms with Gasteiger partial charge in [-0.1, -0.05) is 12.1 Å². The Bertz CT molecular complexity index is 286. The molecule has 0 heterocycles. The summed E-state index contributed by atoms with van der Waals surface area (Å²) < 4.78 is 0. The van der Waals surface area contributed by atoms with Gasteiger partial charge in [-0.15, -0.1) is 0 Å². The number of para-hydroxylation sites is 1. The number of benzene rings is 1. The maximum Gasteiger partial charge on any atom is 0.339 e. The van der Waals surface area contributed by atoms with Gasteiger partial charge in [0.1, 0.15) is 11.3 Å². The fourth-order valence-corrected chi connectivity index (χ4v) is 0.654. The Kier molecular flexibility index (Phi) is 6.09. The van der Waals surface area contributed by atoms with Gasteiger partial charge in [-0.25, -0.2) is 4.79 Å². The highest BCUT2D eigenvalue weighted by molar-refractivity contribution is 5.90. The molecular formula is C9H13NO4. The lowest BCUT2D eigenvalue weighted by Crippen LogP contribution is -2.02. The molecule has 1 aromatic carbocycles. The van der Waals surface area contributed by atoms with E-state index in [1.54, 1.807) is 12.1 Å². The Morgan fingerprint density at radius 2 is 1.86 bits per heavy atom. The molecule has 0 amide bonds. The molecule has 5 N–H and O–H groups in total. The lowest BCUT2D eigenvalue weighted by molar-refractivity contribution is 0.0693. The molecule has 1 rings (SSSR count). The highest BCUT2D eigenvalue weighted by Crippen LogP contribution is 2.14. The Balaban J connectivity index is 0.000000364. The van der Waals surface area contributed by atoms with Crippen LogP contribution in [-0.2, 0) is 0 Å². The highest BCUT2D eigenvalue weighted by atomic mass is 16.4. The molecule has 0 aliphatic heterocycles. The van der Waals surface area contributed by atoms with Crippen molar-refractivity contribution >= 4 is 5.97 Å². The van der Waals surface area contributed by atoms with Gasteiger partial charge in [-0.3, -0.25) is 0 Å². The molecule has 0 saturated heterocycles. The van der Waals surface area contributed by atoms with Crippen LogP contribution in [0, 0.1) is 0 Å². The van der Waals surface area contributed by atoms with Crippen LogP contribution in [0.3, 0.4) is 0 Å². The summed E-state index contributed by atoms with van der Waals surface area (Å²) >= 11 is 0. The van der Waals surface area contributed by atoms with Crippen molar-refractivity contribution in [2.45, 2.75) is 0 Å². The van der Waals surface area contributed by atoms with E-state index in [0.29, 0.717) is 6.54 Å². The van der Waals surface area contributed by atoms with Crippen molar-refractivity contribution in [3.8, 4) is 5.75 Å². The first-order valence-electron chi connectivity index (χ1n) is 3.95. The van der Waals surface area contributed by atoms with E-state index in [-0.39, 0.29) is 17.9 Å². The SMILES string of the molecule is NCCO.O=C(O)c1ccccc1O. The van der Waals surface area contributed by atoms with Gasteiger partial charge in [0, 0.05) is 6.54 Å². The number of aromatic hydroxyl groups is 1. The minimum Gasteiger partial charge on any atom is -0.507 e. The van der Waals surface area contributed by atoms with Crippen LogP contribution >= 0.6 is 0 Å². The zero-order valence-electron chi connectivity index (χ0n) is 7.55. The molecule has 0 radical (unpaired) electrons. The average Bonchev–Trinajstić information content (AvgIpc) is 2.18. The Morgan fingerprint density at radius 3 is 2.14 bits per heavy atom. The van der Waals surface area contributed by atoms with E-state index < -0.39 is 5.97 Å². The Labute approximate surface area is 81.4 Å². The number of hydrogen-bond donors (Lipinski definition) is 4. The van der Waals surface area contributed by atoms with E-state index in [4.69, 9.17) is 21.1 Å². The minimum atomic E-state index is -1.11. The first-order chi connectivity index (χ1) is 6.63. The zero-order valence-corrected chi connectivity index (χ0v) is 7.55. The van der Waals surface area contributed by atoms with Crippen molar-refractivity contribution in [1.82, 2.24) is 0 Å². The summed E-state index contributed by atoms with van der Waals surface area (Å²) in [6.45, 7) is 0.472. The molecule has 0 aliphatic rings. The monoisotopic (exact) mass is 199 g/mol. The standard InChI is InChI=1S/C7H6O3.C2H7NO/c8-6-4-2-1-3-5(6)7(9)10;3-1-2-4/h1-4,8H,(H,9,10);4H,1-3H2. The maximum absolute atomic E-state index is 10.3. The van der Waals surface area contributed by atoms with Crippen LogP contribution in [0.15, 0.2) is 24.3 Å². The summed E-state index contributed by atoms with van der Waals surface area (Å²) in [4.78, 5) is 10.3. The second-order valence-electron chi connectivity index (χ2n) is 2.33. The highest BCUT2D eigenvalue weighted by Gasteiger charge is 2.05. The Hall–Kier alpha value is -1.59.